The van der Waals surface area contributed by atoms with Crippen LogP contribution in [0.5, 0.6) is 0 Å². The molecule has 1 aliphatic rings. The molecule has 2 N–H and O–H groups in total. The first-order valence-electron chi connectivity index (χ1n) is 4.93. The number of alkyl carbamates (subject to hydrolysis) is 1. The Morgan fingerprint density at radius 1 is 1.29 bits per heavy atom. The van der Waals surface area contributed by atoms with Gasteiger partial charge in [-0.3, -0.25) is 10.1 Å². The zero-order chi connectivity index (χ0) is 10.4. The van der Waals surface area contributed by atoms with Gasteiger partial charge in [0.2, 0.25) is 0 Å². The van der Waals surface area contributed by atoms with Crippen molar-refractivity contribution < 1.29 is 19.2 Å². The Hall–Kier alpha value is -1.10. The van der Waals surface area contributed by atoms with Crippen molar-refractivity contribution in [2.45, 2.75) is 19.3 Å². The summed E-state index contributed by atoms with van der Waals surface area (Å²) in [5, 5.41) is 2.16. The summed E-state index contributed by atoms with van der Waals surface area (Å²) in [7, 11) is 1.25. The van der Waals surface area contributed by atoms with Gasteiger partial charge in [-0.2, -0.15) is 0 Å². The third kappa shape index (κ3) is 3.74. The van der Waals surface area contributed by atoms with Crippen LogP contribution in [0.25, 0.3) is 0 Å². The lowest BCUT2D eigenvalue weighted by atomic mass is 10.1. The van der Waals surface area contributed by atoms with E-state index in [-0.39, 0.29) is 5.91 Å². The molecule has 0 saturated carbocycles. The van der Waals surface area contributed by atoms with Crippen molar-refractivity contribution >= 4 is 12.0 Å². The van der Waals surface area contributed by atoms with E-state index in [1.165, 1.54) is 31.3 Å². The number of carbonyl (C=O) groups excluding carboxylic acids is 2. The van der Waals surface area contributed by atoms with Crippen LogP contribution in [0.15, 0.2) is 0 Å². The van der Waals surface area contributed by atoms with Crippen LogP contribution in [0.4, 0.5) is 4.79 Å². The van der Waals surface area contributed by atoms with Crippen molar-refractivity contribution in [1.29, 1.82) is 0 Å². The number of hydrogen-bond donors (Lipinski definition) is 2. The number of amides is 2. The van der Waals surface area contributed by atoms with E-state index >= 15 is 0 Å². The van der Waals surface area contributed by atoms with Gasteiger partial charge in [0.15, 0.2) is 6.54 Å². The van der Waals surface area contributed by atoms with Crippen molar-refractivity contribution in [2.75, 3.05) is 26.7 Å². The van der Waals surface area contributed by atoms with Gasteiger partial charge in [-0.25, -0.2) is 4.79 Å². The van der Waals surface area contributed by atoms with E-state index in [4.69, 9.17) is 0 Å². The zero-order valence-corrected chi connectivity index (χ0v) is 8.47. The summed E-state index contributed by atoms with van der Waals surface area (Å²) in [5.74, 6) is -0.256. The first kappa shape index (κ1) is 11.0. The molecule has 2 amide bonds. The summed E-state index contributed by atoms with van der Waals surface area (Å²) < 4.78 is 4.33. The van der Waals surface area contributed by atoms with Gasteiger partial charge in [-0.1, -0.05) is 0 Å². The lowest BCUT2D eigenvalue weighted by molar-refractivity contribution is -0.896. The lowest BCUT2D eigenvalue weighted by Crippen LogP contribution is -3.14. The molecule has 1 heterocycles. The molecule has 0 unspecified atom stereocenters. The van der Waals surface area contributed by atoms with Crippen molar-refractivity contribution in [2.24, 2.45) is 0 Å². The van der Waals surface area contributed by atoms with Crippen LogP contribution in [-0.4, -0.2) is 38.7 Å². The topological polar surface area (TPSA) is 59.8 Å². The number of hydrogen-bond acceptors (Lipinski definition) is 3. The Labute approximate surface area is 83.4 Å². The molecule has 14 heavy (non-hydrogen) atoms. The van der Waals surface area contributed by atoms with Crippen LogP contribution < -0.4 is 10.2 Å². The molecule has 80 valence electrons. The highest BCUT2D eigenvalue weighted by atomic mass is 16.5. The summed E-state index contributed by atoms with van der Waals surface area (Å²) in [5.41, 5.74) is 0. The number of carbonyl (C=O) groups is 2. The van der Waals surface area contributed by atoms with Crippen LogP contribution in [0.3, 0.4) is 0 Å². The molecule has 0 atom stereocenters. The third-order valence-electron chi connectivity index (χ3n) is 2.40. The minimum absolute atomic E-state index is 0.256. The summed E-state index contributed by atoms with van der Waals surface area (Å²) in [6, 6.07) is 0. The molecule has 0 aromatic rings. The number of piperidine rings is 1. The van der Waals surface area contributed by atoms with Gasteiger partial charge in [0.05, 0.1) is 20.2 Å². The van der Waals surface area contributed by atoms with Crippen LogP contribution in [0, 0.1) is 0 Å². The highest BCUT2D eigenvalue weighted by Crippen LogP contribution is 1.93. The van der Waals surface area contributed by atoms with Crippen LogP contribution in [0.1, 0.15) is 19.3 Å². The van der Waals surface area contributed by atoms with E-state index in [9.17, 15) is 9.59 Å². The van der Waals surface area contributed by atoms with E-state index in [1.54, 1.807) is 0 Å². The predicted molar refractivity (Wildman–Crippen MR) is 50.0 cm³/mol. The van der Waals surface area contributed by atoms with Crippen LogP contribution in [-0.2, 0) is 9.53 Å². The Bertz CT molecular complexity index is 212. The van der Waals surface area contributed by atoms with Gasteiger partial charge >= 0.3 is 6.09 Å². The minimum atomic E-state index is -0.675. The fourth-order valence-corrected chi connectivity index (χ4v) is 1.66. The molecule has 1 fully saturated rings. The van der Waals surface area contributed by atoms with Gasteiger partial charge < -0.3 is 9.64 Å². The number of nitrogens with one attached hydrogen (secondary N) is 2. The summed E-state index contributed by atoms with van der Waals surface area (Å²) in [4.78, 5) is 23.2. The maximum absolute atomic E-state index is 11.2. The molecular formula is C9H17N2O3+. The molecule has 0 aromatic carbocycles. The summed E-state index contributed by atoms with van der Waals surface area (Å²) >= 11 is 0. The van der Waals surface area contributed by atoms with Crippen molar-refractivity contribution in [3.05, 3.63) is 0 Å². The summed E-state index contributed by atoms with van der Waals surface area (Å²) in [6.45, 7) is 2.41. The number of quaternary nitrogens is 1. The highest BCUT2D eigenvalue weighted by Gasteiger charge is 2.18. The molecule has 0 radical (unpaired) electrons. The van der Waals surface area contributed by atoms with Crippen molar-refractivity contribution in [3.8, 4) is 0 Å². The average molecular weight is 201 g/mol. The number of likely N-dealkylation sites (tertiary alicyclic amines) is 1. The van der Waals surface area contributed by atoms with E-state index in [2.05, 4.69) is 10.1 Å². The number of imide groups is 1. The van der Waals surface area contributed by atoms with Gasteiger partial charge in [0.1, 0.15) is 0 Å². The Morgan fingerprint density at radius 3 is 2.50 bits per heavy atom. The normalized spacial score (nSPS) is 17.5. The maximum atomic E-state index is 11.2. The van der Waals surface area contributed by atoms with Crippen LogP contribution in [0.2, 0.25) is 0 Å². The lowest BCUT2D eigenvalue weighted by Gasteiger charge is -2.22. The largest absolute Gasteiger partial charge is 0.453 e. The van der Waals surface area contributed by atoms with E-state index in [0.29, 0.717) is 6.54 Å². The first-order valence-corrected chi connectivity index (χ1v) is 4.93. The molecule has 1 aliphatic heterocycles. The highest BCUT2D eigenvalue weighted by molar-refractivity contribution is 5.92. The fraction of sp³-hybridized carbons (Fsp3) is 0.778. The molecule has 5 heteroatoms. The van der Waals surface area contributed by atoms with E-state index < -0.39 is 6.09 Å². The smallest absolute Gasteiger partial charge is 0.413 e. The Balaban J connectivity index is 2.21. The summed E-state index contributed by atoms with van der Waals surface area (Å²) in [6.07, 6.45) is 2.91. The average Bonchev–Trinajstić information content (AvgIpc) is 2.19. The van der Waals surface area contributed by atoms with Gasteiger partial charge in [-0.15, -0.1) is 0 Å². The number of rotatable bonds is 2. The molecule has 1 saturated heterocycles. The van der Waals surface area contributed by atoms with E-state index in [1.807, 2.05) is 0 Å². The standard InChI is InChI=1S/C9H16N2O3/c1-14-9(13)10-8(12)7-11-5-3-2-4-6-11/h2-7H2,1H3,(H,10,12,13)/p+1. The van der Waals surface area contributed by atoms with Crippen molar-refractivity contribution in [3.63, 3.8) is 0 Å². The molecule has 0 aromatic heterocycles. The van der Waals surface area contributed by atoms with Crippen molar-refractivity contribution in [1.82, 2.24) is 5.32 Å². The first-order chi connectivity index (χ1) is 6.72. The molecule has 5 nitrogen and oxygen atoms in total. The minimum Gasteiger partial charge on any atom is -0.453 e. The predicted octanol–water partition coefficient (Wildman–Crippen LogP) is -1.06. The quantitative estimate of drug-likeness (QED) is 0.598. The molecule has 0 aliphatic carbocycles. The second-order valence-corrected chi connectivity index (χ2v) is 3.53. The van der Waals surface area contributed by atoms with Gasteiger partial charge in [-0.05, 0) is 19.3 Å². The fourth-order valence-electron chi connectivity index (χ4n) is 1.66. The monoisotopic (exact) mass is 201 g/mol. The second-order valence-electron chi connectivity index (χ2n) is 3.53. The van der Waals surface area contributed by atoms with Gasteiger partial charge in [0, 0.05) is 0 Å². The SMILES string of the molecule is COC(=O)NC(=O)C[NH+]1CCCCC1. The van der Waals surface area contributed by atoms with E-state index in [0.717, 1.165) is 13.1 Å². The number of ether oxygens (including phenoxy) is 1. The second kappa shape index (κ2) is 5.59. The third-order valence-corrected chi connectivity index (χ3v) is 2.40. The molecule has 0 spiro atoms. The van der Waals surface area contributed by atoms with Gasteiger partial charge in [0.25, 0.3) is 5.91 Å². The Morgan fingerprint density at radius 2 is 1.93 bits per heavy atom. The maximum Gasteiger partial charge on any atom is 0.413 e. The molecule has 1 rings (SSSR count). The van der Waals surface area contributed by atoms with Crippen LogP contribution >= 0.6 is 0 Å². The molecular weight excluding hydrogens is 184 g/mol. The Kier molecular flexibility index (Phi) is 4.39. The zero-order valence-electron chi connectivity index (χ0n) is 8.47. The molecule has 0 bridgehead atoms. The number of methoxy groups -OCH3 is 1.